The van der Waals surface area contributed by atoms with Crippen LogP contribution in [-0.2, 0) is 56.9 Å². The molecule has 85 heavy (non-hydrogen) atoms. The average molecular weight is 1180 g/mol. The van der Waals surface area contributed by atoms with Gasteiger partial charge >= 0.3 is 29.8 Å². The van der Waals surface area contributed by atoms with Crippen LogP contribution in [-0.4, -0.2) is 62.9 Å². The van der Waals surface area contributed by atoms with Crippen LogP contribution >= 0.6 is 0 Å². The van der Waals surface area contributed by atoms with Gasteiger partial charge in [-0.15, -0.1) is 0 Å². The number of aromatic nitrogens is 6. The second-order valence-corrected chi connectivity index (χ2v) is 18.4. The van der Waals surface area contributed by atoms with Crippen LogP contribution in [0, 0.1) is 57.4 Å². The van der Waals surface area contributed by atoms with Gasteiger partial charge in [-0.05, 0) is 98.7 Å². The summed E-state index contributed by atoms with van der Waals surface area (Å²) in [5.74, 6) is -0.734. The van der Waals surface area contributed by atoms with Crippen LogP contribution in [0.2, 0.25) is 0 Å². The molecule has 0 atom stereocenters. The number of aryl methyl sites for hydroxylation is 5. The number of rotatable bonds is 19. The van der Waals surface area contributed by atoms with Crippen molar-refractivity contribution < 1.29 is 75.1 Å². The molecule has 0 saturated carbocycles. The van der Waals surface area contributed by atoms with E-state index in [1.54, 1.807) is 70.4 Å². The Morgan fingerprint density at radius 2 is 0.741 bits per heavy atom. The molecule has 16 heteroatoms. The summed E-state index contributed by atoms with van der Waals surface area (Å²) in [7, 11) is 1.86. The first-order valence-corrected chi connectivity index (χ1v) is 27.6. The van der Waals surface area contributed by atoms with Crippen molar-refractivity contribution in [2.24, 2.45) is 13.0 Å². The lowest BCUT2D eigenvalue weighted by Gasteiger charge is -2.02. The van der Waals surface area contributed by atoms with E-state index in [1.165, 1.54) is 18.4 Å². The topological polar surface area (TPSA) is 155 Å². The van der Waals surface area contributed by atoms with Crippen molar-refractivity contribution in [1.29, 1.82) is 0 Å². The summed E-state index contributed by atoms with van der Waals surface area (Å²) < 4.78 is 36.4. The third-order valence-electron chi connectivity index (χ3n) is 10.7. The maximum atomic E-state index is 11.4. The molecule has 0 bridgehead atoms. The van der Waals surface area contributed by atoms with E-state index in [9.17, 15) is 24.0 Å². The predicted octanol–water partition coefficient (Wildman–Crippen LogP) is 11.7. The first-order chi connectivity index (χ1) is 37.9. The summed E-state index contributed by atoms with van der Waals surface area (Å²) in [5, 5.41) is 0. The SMILES string of the molecule is CCCC[n+]1cccc(C)c1.CCC[n+]1cccc(C(=O)OCC)c1.CCOC(=O)c1ccc[n+](C(C)C)c1.CCOC(=O)c1ccc[n+](C)c1.CCOC(=O)c1ccc[n+](CC(C)C)c1.CCOC(=O)c1ccc[n+](CC)c1.[CH3-].[CH3-].[CH3-].[CH3-].[CH3-].[CH3-]. The van der Waals surface area contributed by atoms with Crippen LogP contribution in [0.1, 0.15) is 166 Å². The number of unbranched alkanes of at least 4 members (excludes halogenated alkanes) is 1. The van der Waals surface area contributed by atoms with Crippen molar-refractivity contribution >= 4 is 29.8 Å². The Hall–Kier alpha value is -7.75. The Morgan fingerprint density at radius 3 is 1.11 bits per heavy atom. The van der Waals surface area contributed by atoms with Crippen molar-refractivity contribution in [2.75, 3.05) is 33.0 Å². The highest BCUT2D eigenvalue weighted by atomic mass is 16.5. The molecule has 0 radical (unpaired) electrons. The normalized spacial score (nSPS) is 9.27. The molecule has 6 aromatic rings. The fourth-order valence-electron chi connectivity index (χ4n) is 6.91. The van der Waals surface area contributed by atoms with E-state index in [0.717, 1.165) is 32.6 Å². The molecule has 0 N–H and O–H groups in total. The van der Waals surface area contributed by atoms with E-state index in [4.69, 9.17) is 23.7 Å². The number of carbonyl (C=O) groups excluding carboxylic acids is 5. The molecule has 0 aromatic carbocycles. The smallest absolute Gasteiger partial charge is 0.344 e. The first-order valence-electron chi connectivity index (χ1n) is 27.6. The molecular weight excluding hydrogens is 1070 g/mol. The fourth-order valence-corrected chi connectivity index (χ4v) is 6.91. The summed E-state index contributed by atoms with van der Waals surface area (Å²) in [5.41, 5.74) is 4.35. The van der Waals surface area contributed by atoms with Crippen molar-refractivity contribution in [1.82, 2.24) is 0 Å². The second kappa shape index (κ2) is 53.0. The summed E-state index contributed by atoms with van der Waals surface area (Å²) >= 11 is 0. The Bertz CT molecular complexity index is 2710. The number of ether oxygens (including phenoxy) is 5. The van der Waals surface area contributed by atoms with Gasteiger partial charge in [0.15, 0.2) is 86.9 Å². The number of esters is 5. The highest BCUT2D eigenvalue weighted by Gasteiger charge is 2.15. The van der Waals surface area contributed by atoms with Gasteiger partial charge in [-0.25, -0.2) is 51.4 Å². The van der Waals surface area contributed by atoms with Gasteiger partial charge in [0.05, 0.1) is 33.0 Å². The molecule has 476 valence electrons. The van der Waals surface area contributed by atoms with E-state index >= 15 is 0 Å². The third-order valence-corrected chi connectivity index (χ3v) is 10.7. The molecule has 0 aliphatic heterocycles. The van der Waals surface area contributed by atoms with Gasteiger partial charge in [0.2, 0.25) is 0 Å². The Labute approximate surface area is 515 Å². The van der Waals surface area contributed by atoms with Crippen molar-refractivity contribution in [3.63, 3.8) is 0 Å². The standard InChI is InChI=1S/C12H18NO2.2C11H16NO2.C10H14NO2.C10H16N.C9H12NO2.6CH3/c1-4-15-12(14)11-6-5-7-13(9-11)8-10(2)3;1-4-14-11(13)10-6-5-7-12(8-10)9(2)3;1-3-7-12-8-5-6-10(9-12)11(13)14-4-2;1-3-11-7-5-6-9(8-11)10(12)13-4-2;1-3-4-7-11-8-5-6-10(2)9-11;1-3-12-9(11)8-5-4-6-10(2)7-8;;;;;;/h5-7,9-10H,4,8H2,1-3H3;5-9H,4H2,1-3H3;5-6,8-9H,3-4,7H2,1-2H3;5-8H,3-4H2,1-2H3;5-6,8-9H,3-4,7H2,1-2H3;4-7H,3H2,1-2H3;6*1H3/q6*+1;6*-1. The van der Waals surface area contributed by atoms with E-state index in [-0.39, 0.29) is 74.4 Å². The molecule has 0 aliphatic carbocycles. The predicted molar refractivity (Wildman–Crippen MR) is 340 cm³/mol. The quantitative estimate of drug-likeness (QED) is 0.0331. The molecule has 6 aromatic heterocycles. The Balaban J connectivity index is -0.000000218. The summed E-state index contributed by atoms with van der Waals surface area (Å²) in [6.07, 6.45) is 26.5. The van der Waals surface area contributed by atoms with E-state index in [2.05, 4.69) is 77.6 Å². The van der Waals surface area contributed by atoms with E-state index in [0.29, 0.717) is 72.8 Å². The lowest BCUT2D eigenvalue weighted by atomic mass is 10.2. The van der Waals surface area contributed by atoms with Gasteiger partial charge in [0.1, 0.15) is 54.5 Å². The molecule has 0 amide bonds. The third kappa shape index (κ3) is 38.7. The minimum Gasteiger partial charge on any atom is -0.462 e. The Kier molecular flexibility index (Phi) is 55.2. The van der Waals surface area contributed by atoms with Gasteiger partial charge in [0, 0.05) is 60.7 Å². The lowest BCUT2D eigenvalue weighted by Crippen LogP contribution is -2.36. The average Bonchev–Trinajstić information content (AvgIpc) is 3.46. The fraction of sp³-hybridized carbons (Fsp3) is 0.406. The minimum atomic E-state index is -0.270. The van der Waals surface area contributed by atoms with E-state index in [1.807, 2.05) is 124 Å². The molecule has 6 rings (SSSR count). The zero-order valence-electron chi connectivity index (χ0n) is 55.8. The van der Waals surface area contributed by atoms with E-state index < -0.39 is 0 Å². The van der Waals surface area contributed by atoms with Crippen molar-refractivity contribution in [3.8, 4) is 0 Å². The van der Waals surface area contributed by atoms with Gasteiger partial charge in [-0.1, -0.05) is 34.1 Å². The number of pyridine rings is 6. The number of carbonyl (C=O) groups is 5. The monoisotopic (exact) mass is 1180 g/mol. The molecule has 0 fully saturated rings. The zero-order chi connectivity index (χ0) is 59.0. The van der Waals surface area contributed by atoms with Gasteiger partial charge in [0.25, 0.3) is 0 Å². The maximum absolute atomic E-state index is 11.4. The van der Waals surface area contributed by atoms with Crippen LogP contribution in [0.5, 0.6) is 0 Å². The zero-order valence-corrected chi connectivity index (χ0v) is 55.8. The summed E-state index contributed by atoms with van der Waals surface area (Å²) in [4.78, 5) is 56.6. The van der Waals surface area contributed by atoms with Gasteiger partial charge in [-0.3, -0.25) is 0 Å². The van der Waals surface area contributed by atoms with Crippen LogP contribution < -0.4 is 27.4 Å². The largest absolute Gasteiger partial charge is 0.462 e. The summed E-state index contributed by atoms with van der Waals surface area (Å²) in [6, 6.07) is 22.6. The number of hydrogen-bond acceptors (Lipinski definition) is 10. The molecule has 16 nitrogen and oxygen atoms in total. The first kappa shape index (κ1) is 88.5. The maximum Gasteiger partial charge on any atom is 0.344 e. The molecule has 0 saturated heterocycles. The summed E-state index contributed by atoms with van der Waals surface area (Å²) in [6.45, 7) is 31.8. The van der Waals surface area contributed by atoms with Gasteiger partial charge in [-0.2, -0.15) is 0 Å². The number of hydrogen-bond donors (Lipinski definition) is 0. The number of nitrogens with zero attached hydrogens (tertiary/aromatic N) is 6. The molecule has 0 aliphatic rings. The van der Waals surface area contributed by atoms with Crippen LogP contribution in [0.25, 0.3) is 0 Å². The second-order valence-electron chi connectivity index (χ2n) is 18.4. The highest BCUT2D eigenvalue weighted by Crippen LogP contribution is 2.03. The lowest BCUT2D eigenvalue weighted by molar-refractivity contribution is -0.716. The van der Waals surface area contributed by atoms with Crippen LogP contribution in [0.3, 0.4) is 0 Å². The van der Waals surface area contributed by atoms with Crippen molar-refractivity contribution in [2.45, 2.75) is 141 Å². The Morgan fingerprint density at radius 1 is 0.400 bits per heavy atom. The molecule has 0 unspecified atom stereocenters. The van der Waals surface area contributed by atoms with Crippen molar-refractivity contribution in [3.05, 3.63) is 225 Å². The molecule has 0 spiro atoms. The molecule has 6 heterocycles. The molecular formula is C69H110N6O10. The van der Waals surface area contributed by atoms with Crippen LogP contribution in [0.4, 0.5) is 0 Å². The van der Waals surface area contributed by atoms with Crippen LogP contribution in [0.15, 0.2) is 147 Å². The highest BCUT2D eigenvalue weighted by molar-refractivity contribution is 5.90. The van der Waals surface area contributed by atoms with Gasteiger partial charge < -0.3 is 68.2 Å². The minimum absolute atomic E-state index is 0.